The zero-order chi connectivity index (χ0) is 12.2. The minimum Gasteiger partial charge on any atom is -0.328 e. The molecule has 2 unspecified atom stereocenters. The highest BCUT2D eigenvalue weighted by Gasteiger charge is 2.22. The van der Waals surface area contributed by atoms with E-state index in [0.29, 0.717) is 17.8 Å². The van der Waals surface area contributed by atoms with E-state index < -0.39 is 9.84 Å². The molecule has 0 aromatic carbocycles. The quantitative estimate of drug-likeness (QED) is 0.775. The number of likely N-dealkylation sites (tertiary alicyclic amines) is 1. The largest absolute Gasteiger partial charge is 0.328 e. The fourth-order valence-electron chi connectivity index (χ4n) is 2.22. The Labute approximate surface area is 99.1 Å². The maximum absolute atomic E-state index is 11.3. The van der Waals surface area contributed by atoms with Gasteiger partial charge in [-0.2, -0.15) is 0 Å². The van der Waals surface area contributed by atoms with Crippen LogP contribution in [-0.4, -0.2) is 50.0 Å². The molecule has 1 aliphatic rings. The molecule has 0 aliphatic carbocycles. The Morgan fingerprint density at radius 2 is 2.12 bits per heavy atom. The van der Waals surface area contributed by atoms with Crippen LogP contribution < -0.4 is 5.73 Å². The summed E-state index contributed by atoms with van der Waals surface area (Å²) in [6.45, 7) is 5.77. The molecule has 2 N–H and O–H groups in total. The van der Waals surface area contributed by atoms with Crippen molar-refractivity contribution in [3.05, 3.63) is 0 Å². The molecule has 1 saturated heterocycles. The molecule has 1 heterocycles. The van der Waals surface area contributed by atoms with Crippen molar-refractivity contribution in [3.8, 4) is 0 Å². The first-order chi connectivity index (χ1) is 7.44. The van der Waals surface area contributed by atoms with E-state index in [0.717, 1.165) is 32.4 Å². The van der Waals surface area contributed by atoms with E-state index in [-0.39, 0.29) is 5.75 Å². The van der Waals surface area contributed by atoms with Crippen LogP contribution in [0.1, 0.15) is 33.1 Å². The second-order valence-electron chi connectivity index (χ2n) is 4.76. The maximum atomic E-state index is 11.3. The van der Waals surface area contributed by atoms with Crippen LogP contribution in [0, 0.1) is 0 Å². The van der Waals surface area contributed by atoms with Crippen molar-refractivity contribution in [1.29, 1.82) is 0 Å². The third-order valence-corrected chi connectivity index (χ3v) is 5.19. The average molecular weight is 248 g/mol. The molecule has 0 radical (unpaired) electrons. The van der Waals surface area contributed by atoms with Crippen LogP contribution in [-0.2, 0) is 9.84 Å². The highest BCUT2D eigenvalue weighted by Crippen LogP contribution is 2.16. The second kappa shape index (κ2) is 5.98. The topological polar surface area (TPSA) is 63.4 Å². The number of nitrogens with two attached hydrogens (primary N) is 1. The first-order valence-electron chi connectivity index (χ1n) is 6.14. The van der Waals surface area contributed by atoms with Crippen molar-refractivity contribution in [2.24, 2.45) is 5.73 Å². The Bertz CT molecular complexity index is 303. The van der Waals surface area contributed by atoms with Crippen LogP contribution in [0.25, 0.3) is 0 Å². The van der Waals surface area contributed by atoms with E-state index in [9.17, 15) is 8.42 Å². The third-order valence-electron chi connectivity index (χ3n) is 3.39. The van der Waals surface area contributed by atoms with Gasteiger partial charge in [0, 0.05) is 17.8 Å². The first kappa shape index (κ1) is 13.9. The molecule has 0 bridgehead atoms. The van der Waals surface area contributed by atoms with Gasteiger partial charge in [-0.25, -0.2) is 8.42 Å². The Kier molecular flexibility index (Phi) is 5.21. The standard InChI is InChI=1S/C11H24N2O2S/c1-3-16(14,15)8-4-6-13-7-5-11(12)9-10(13)2/h10-11H,3-9,12H2,1-2H3. The van der Waals surface area contributed by atoms with Gasteiger partial charge >= 0.3 is 0 Å². The normalized spacial score (nSPS) is 28.2. The van der Waals surface area contributed by atoms with Gasteiger partial charge in [-0.15, -0.1) is 0 Å². The Morgan fingerprint density at radius 1 is 1.44 bits per heavy atom. The van der Waals surface area contributed by atoms with Crippen LogP contribution >= 0.6 is 0 Å². The minimum atomic E-state index is -2.80. The highest BCUT2D eigenvalue weighted by atomic mass is 32.2. The molecular formula is C11H24N2O2S. The van der Waals surface area contributed by atoms with Crippen molar-refractivity contribution in [3.63, 3.8) is 0 Å². The average Bonchev–Trinajstić information content (AvgIpc) is 2.21. The van der Waals surface area contributed by atoms with Crippen LogP contribution in [0.3, 0.4) is 0 Å². The summed E-state index contributed by atoms with van der Waals surface area (Å²) in [5.74, 6) is 0.576. The summed E-state index contributed by atoms with van der Waals surface area (Å²) in [5.41, 5.74) is 5.88. The van der Waals surface area contributed by atoms with Crippen molar-refractivity contribution in [1.82, 2.24) is 4.90 Å². The van der Waals surface area contributed by atoms with E-state index in [2.05, 4.69) is 11.8 Å². The zero-order valence-corrected chi connectivity index (χ0v) is 11.2. The van der Waals surface area contributed by atoms with E-state index in [1.54, 1.807) is 6.92 Å². The van der Waals surface area contributed by atoms with Crippen LogP contribution in [0.2, 0.25) is 0 Å². The van der Waals surface area contributed by atoms with Gasteiger partial charge in [0.1, 0.15) is 9.84 Å². The summed E-state index contributed by atoms with van der Waals surface area (Å²) in [6.07, 6.45) is 2.81. The lowest BCUT2D eigenvalue weighted by molar-refractivity contribution is 0.148. The molecular weight excluding hydrogens is 224 g/mol. The zero-order valence-electron chi connectivity index (χ0n) is 10.4. The van der Waals surface area contributed by atoms with Gasteiger partial charge in [0.15, 0.2) is 0 Å². The van der Waals surface area contributed by atoms with Gasteiger partial charge in [0.25, 0.3) is 0 Å². The third kappa shape index (κ3) is 4.39. The predicted octanol–water partition coefficient (Wildman–Crippen LogP) is 0.623. The molecule has 5 heteroatoms. The summed E-state index contributed by atoms with van der Waals surface area (Å²) < 4.78 is 22.7. The van der Waals surface area contributed by atoms with Crippen molar-refractivity contribution < 1.29 is 8.42 Å². The van der Waals surface area contributed by atoms with Crippen LogP contribution in [0.5, 0.6) is 0 Å². The molecule has 0 amide bonds. The molecule has 16 heavy (non-hydrogen) atoms. The first-order valence-corrected chi connectivity index (χ1v) is 7.97. The molecule has 0 saturated carbocycles. The van der Waals surface area contributed by atoms with Crippen molar-refractivity contribution in [2.75, 3.05) is 24.6 Å². The van der Waals surface area contributed by atoms with Crippen LogP contribution in [0.4, 0.5) is 0 Å². The lowest BCUT2D eigenvalue weighted by Gasteiger charge is -2.36. The minimum absolute atomic E-state index is 0.257. The van der Waals surface area contributed by atoms with Gasteiger partial charge in [0.05, 0.1) is 5.75 Å². The van der Waals surface area contributed by atoms with Gasteiger partial charge in [-0.3, -0.25) is 0 Å². The number of hydrogen-bond acceptors (Lipinski definition) is 4. The van der Waals surface area contributed by atoms with Gasteiger partial charge in [-0.1, -0.05) is 6.92 Å². The van der Waals surface area contributed by atoms with E-state index >= 15 is 0 Å². The van der Waals surface area contributed by atoms with Crippen LogP contribution in [0.15, 0.2) is 0 Å². The molecule has 1 fully saturated rings. The van der Waals surface area contributed by atoms with Crippen molar-refractivity contribution >= 4 is 9.84 Å². The van der Waals surface area contributed by atoms with Gasteiger partial charge < -0.3 is 10.6 Å². The lowest BCUT2D eigenvalue weighted by Crippen LogP contribution is -2.46. The summed E-state index contributed by atoms with van der Waals surface area (Å²) in [7, 11) is -2.80. The SMILES string of the molecule is CCS(=O)(=O)CCCN1CCC(N)CC1C. The fourth-order valence-corrected chi connectivity index (χ4v) is 3.08. The molecule has 0 spiro atoms. The fraction of sp³-hybridized carbons (Fsp3) is 1.00. The highest BCUT2D eigenvalue weighted by molar-refractivity contribution is 7.91. The molecule has 1 rings (SSSR count). The maximum Gasteiger partial charge on any atom is 0.150 e. The van der Waals surface area contributed by atoms with E-state index in [1.807, 2.05) is 0 Å². The summed E-state index contributed by atoms with van der Waals surface area (Å²) in [5, 5.41) is 0. The number of rotatable bonds is 5. The summed E-state index contributed by atoms with van der Waals surface area (Å²) in [6, 6.07) is 0.818. The Morgan fingerprint density at radius 3 is 2.69 bits per heavy atom. The molecule has 2 atom stereocenters. The predicted molar refractivity (Wildman–Crippen MR) is 67.2 cm³/mol. The number of piperidine rings is 1. The summed E-state index contributed by atoms with van der Waals surface area (Å²) >= 11 is 0. The van der Waals surface area contributed by atoms with Gasteiger partial charge in [-0.05, 0) is 39.3 Å². The lowest BCUT2D eigenvalue weighted by atomic mass is 9.99. The van der Waals surface area contributed by atoms with E-state index in [4.69, 9.17) is 5.73 Å². The Balaban J connectivity index is 2.28. The number of hydrogen-bond donors (Lipinski definition) is 1. The van der Waals surface area contributed by atoms with E-state index in [1.165, 1.54) is 0 Å². The number of nitrogens with zero attached hydrogens (tertiary/aromatic N) is 1. The molecule has 1 aliphatic heterocycles. The molecule has 96 valence electrons. The molecule has 0 aromatic rings. The Hall–Kier alpha value is -0.130. The molecule has 4 nitrogen and oxygen atoms in total. The number of sulfone groups is 1. The summed E-state index contributed by atoms with van der Waals surface area (Å²) in [4.78, 5) is 2.36. The second-order valence-corrected chi connectivity index (χ2v) is 7.23. The monoisotopic (exact) mass is 248 g/mol. The molecule has 0 aromatic heterocycles. The smallest absolute Gasteiger partial charge is 0.150 e. The van der Waals surface area contributed by atoms with Crippen molar-refractivity contribution in [2.45, 2.75) is 45.2 Å². The van der Waals surface area contributed by atoms with Gasteiger partial charge in [0.2, 0.25) is 0 Å².